The fraction of sp³-hybridized carbons (Fsp3) is 0.100. The number of allylic oxidation sites excluding steroid dienone is 1. The molecule has 0 aliphatic heterocycles. The van der Waals surface area contributed by atoms with Crippen LogP contribution in [0.25, 0.3) is 6.08 Å². The molecular formula is C10H8BrNO3. The van der Waals surface area contributed by atoms with Gasteiger partial charge in [-0.25, -0.2) is 0 Å². The van der Waals surface area contributed by atoms with Gasteiger partial charge in [-0.3, -0.25) is 14.9 Å². The number of nitro groups is 1. The number of halogens is 1. The zero-order valence-electron chi connectivity index (χ0n) is 7.94. The largest absolute Gasteiger partial charge is 0.298 e. The molecule has 4 nitrogen and oxygen atoms in total. The van der Waals surface area contributed by atoms with Crippen LogP contribution in [0.3, 0.4) is 0 Å². The van der Waals surface area contributed by atoms with Crippen LogP contribution in [-0.4, -0.2) is 11.2 Å². The second-order valence-corrected chi connectivity index (χ2v) is 3.92. The standard InChI is InChI=1S/C10H8BrNO3/c1-7(6-13)2-8-3-9(11)5-10(4-8)12(14)15/h2-6H,1H3/b7-2+. The monoisotopic (exact) mass is 269 g/mol. The van der Waals surface area contributed by atoms with Gasteiger partial charge in [0.1, 0.15) is 6.29 Å². The number of rotatable bonds is 3. The van der Waals surface area contributed by atoms with Gasteiger partial charge in [-0.05, 0) is 30.2 Å². The van der Waals surface area contributed by atoms with Crippen LogP contribution in [0.1, 0.15) is 12.5 Å². The van der Waals surface area contributed by atoms with E-state index in [0.717, 1.165) is 0 Å². The van der Waals surface area contributed by atoms with E-state index >= 15 is 0 Å². The van der Waals surface area contributed by atoms with Crippen molar-refractivity contribution in [3.8, 4) is 0 Å². The van der Waals surface area contributed by atoms with Gasteiger partial charge < -0.3 is 0 Å². The summed E-state index contributed by atoms with van der Waals surface area (Å²) >= 11 is 3.17. The Morgan fingerprint density at radius 3 is 2.67 bits per heavy atom. The molecular weight excluding hydrogens is 262 g/mol. The SMILES string of the molecule is C/C(C=O)=C\c1cc(Br)cc([N+](=O)[O-])c1. The Labute approximate surface area is 94.9 Å². The Balaban J connectivity index is 3.20. The number of carbonyl (C=O) groups excluding carboxylic acids is 1. The van der Waals surface area contributed by atoms with E-state index in [1.54, 1.807) is 19.1 Å². The average Bonchev–Trinajstić information content (AvgIpc) is 2.16. The number of hydrogen-bond acceptors (Lipinski definition) is 3. The minimum atomic E-state index is -0.474. The summed E-state index contributed by atoms with van der Waals surface area (Å²) in [7, 11) is 0. The first-order valence-corrected chi connectivity index (χ1v) is 4.90. The second kappa shape index (κ2) is 4.84. The second-order valence-electron chi connectivity index (χ2n) is 3.01. The van der Waals surface area contributed by atoms with Gasteiger partial charge in [0.15, 0.2) is 0 Å². The molecule has 0 heterocycles. The number of benzene rings is 1. The predicted octanol–water partition coefficient (Wildman–Crippen LogP) is 2.96. The molecule has 0 spiro atoms. The lowest BCUT2D eigenvalue weighted by atomic mass is 10.1. The van der Waals surface area contributed by atoms with E-state index in [2.05, 4.69) is 15.9 Å². The van der Waals surface area contributed by atoms with Crippen LogP contribution in [0.15, 0.2) is 28.2 Å². The normalized spacial score (nSPS) is 11.2. The van der Waals surface area contributed by atoms with Crippen molar-refractivity contribution in [2.75, 3.05) is 0 Å². The maximum absolute atomic E-state index is 10.6. The summed E-state index contributed by atoms with van der Waals surface area (Å²) in [5, 5.41) is 10.6. The van der Waals surface area contributed by atoms with Gasteiger partial charge in [-0.1, -0.05) is 15.9 Å². The van der Waals surface area contributed by atoms with Crippen molar-refractivity contribution in [2.24, 2.45) is 0 Å². The molecule has 0 aliphatic rings. The van der Waals surface area contributed by atoms with Crippen molar-refractivity contribution in [1.29, 1.82) is 0 Å². The molecule has 78 valence electrons. The van der Waals surface area contributed by atoms with Gasteiger partial charge in [-0.15, -0.1) is 0 Å². The maximum Gasteiger partial charge on any atom is 0.271 e. The van der Waals surface area contributed by atoms with Crippen molar-refractivity contribution in [1.82, 2.24) is 0 Å². The van der Waals surface area contributed by atoms with Gasteiger partial charge >= 0.3 is 0 Å². The lowest BCUT2D eigenvalue weighted by Gasteiger charge is -1.97. The summed E-state index contributed by atoms with van der Waals surface area (Å²) in [6, 6.07) is 4.53. The van der Waals surface area contributed by atoms with E-state index in [4.69, 9.17) is 0 Å². The number of hydrogen-bond donors (Lipinski definition) is 0. The highest BCUT2D eigenvalue weighted by molar-refractivity contribution is 9.10. The molecule has 5 heteroatoms. The molecule has 0 saturated heterocycles. The fourth-order valence-electron chi connectivity index (χ4n) is 1.08. The van der Waals surface area contributed by atoms with Crippen LogP contribution in [0.5, 0.6) is 0 Å². The Bertz CT molecular complexity index is 440. The highest BCUT2D eigenvalue weighted by Crippen LogP contribution is 2.22. The number of nitrogens with zero attached hydrogens (tertiary/aromatic N) is 1. The van der Waals surface area contributed by atoms with Gasteiger partial charge in [0, 0.05) is 16.6 Å². The van der Waals surface area contributed by atoms with Crippen LogP contribution < -0.4 is 0 Å². The van der Waals surface area contributed by atoms with E-state index in [0.29, 0.717) is 21.9 Å². The average molecular weight is 270 g/mol. The molecule has 0 aromatic heterocycles. The van der Waals surface area contributed by atoms with Crippen LogP contribution in [0.4, 0.5) is 5.69 Å². The highest BCUT2D eigenvalue weighted by Gasteiger charge is 2.07. The number of nitro benzene ring substituents is 1. The molecule has 0 radical (unpaired) electrons. The van der Waals surface area contributed by atoms with E-state index in [9.17, 15) is 14.9 Å². The van der Waals surface area contributed by atoms with Crippen LogP contribution in [-0.2, 0) is 4.79 Å². The minimum absolute atomic E-state index is 0.00526. The number of carbonyl (C=O) groups is 1. The lowest BCUT2D eigenvalue weighted by Crippen LogP contribution is -1.89. The summed E-state index contributed by atoms with van der Waals surface area (Å²) in [5.41, 5.74) is 1.14. The molecule has 0 aliphatic carbocycles. The zero-order chi connectivity index (χ0) is 11.4. The highest BCUT2D eigenvalue weighted by atomic mass is 79.9. The van der Waals surface area contributed by atoms with Crippen LogP contribution in [0.2, 0.25) is 0 Å². The molecule has 0 fully saturated rings. The third-order valence-electron chi connectivity index (χ3n) is 1.70. The first-order valence-electron chi connectivity index (χ1n) is 4.11. The maximum atomic E-state index is 10.6. The molecule has 0 bridgehead atoms. The van der Waals surface area contributed by atoms with Crippen molar-refractivity contribution < 1.29 is 9.72 Å². The summed E-state index contributed by atoms with van der Waals surface area (Å²) in [6.45, 7) is 1.64. The summed E-state index contributed by atoms with van der Waals surface area (Å²) < 4.78 is 0.613. The van der Waals surface area contributed by atoms with Crippen molar-refractivity contribution in [2.45, 2.75) is 6.92 Å². The van der Waals surface area contributed by atoms with Gasteiger partial charge in [0.05, 0.1) is 4.92 Å². The van der Waals surface area contributed by atoms with Crippen molar-refractivity contribution >= 4 is 34.0 Å². The number of non-ortho nitro benzene ring substituents is 1. The molecule has 0 N–H and O–H groups in total. The van der Waals surface area contributed by atoms with E-state index < -0.39 is 4.92 Å². The van der Waals surface area contributed by atoms with Gasteiger partial charge in [-0.2, -0.15) is 0 Å². The smallest absolute Gasteiger partial charge is 0.271 e. The topological polar surface area (TPSA) is 60.2 Å². The molecule has 1 aromatic rings. The van der Waals surface area contributed by atoms with E-state index in [1.165, 1.54) is 12.1 Å². The van der Waals surface area contributed by atoms with Gasteiger partial charge in [0.2, 0.25) is 0 Å². The fourth-order valence-corrected chi connectivity index (χ4v) is 1.58. The molecule has 0 unspecified atom stereocenters. The zero-order valence-corrected chi connectivity index (χ0v) is 9.52. The van der Waals surface area contributed by atoms with Crippen LogP contribution in [0, 0.1) is 10.1 Å². The third-order valence-corrected chi connectivity index (χ3v) is 2.15. The molecule has 1 aromatic carbocycles. The van der Waals surface area contributed by atoms with Gasteiger partial charge in [0.25, 0.3) is 5.69 Å². The first-order chi connectivity index (χ1) is 7.02. The van der Waals surface area contributed by atoms with Crippen LogP contribution >= 0.6 is 15.9 Å². The Morgan fingerprint density at radius 1 is 1.47 bits per heavy atom. The van der Waals surface area contributed by atoms with Crippen molar-refractivity contribution in [3.05, 3.63) is 43.9 Å². The Kier molecular flexibility index (Phi) is 3.74. The molecule has 0 saturated carbocycles. The molecule has 0 amide bonds. The third kappa shape index (κ3) is 3.28. The quantitative estimate of drug-likeness (QED) is 0.367. The first kappa shape index (κ1) is 11.6. The van der Waals surface area contributed by atoms with E-state index in [1.807, 2.05) is 0 Å². The predicted molar refractivity (Wildman–Crippen MR) is 60.5 cm³/mol. The summed E-state index contributed by atoms with van der Waals surface area (Å²) in [5.74, 6) is 0. The lowest BCUT2D eigenvalue weighted by molar-refractivity contribution is -0.384. The molecule has 0 atom stereocenters. The minimum Gasteiger partial charge on any atom is -0.298 e. The van der Waals surface area contributed by atoms with Crippen molar-refractivity contribution in [3.63, 3.8) is 0 Å². The Morgan fingerprint density at radius 2 is 2.13 bits per heavy atom. The van der Waals surface area contributed by atoms with E-state index in [-0.39, 0.29) is 5.69 Å². The summed E-state index contributed by atoms with van der Waals surface area (Å²) in [4.78, 5) is 20.5. The molecule has 1 rings (SSSR count). The number of aldehydes is 1. The molecule has 15 heavy (non-hydrogen) atoms. The Hall–Kier alpha value is -1.49. The summed E-state index contributed by atoms with van der Waals surface area (Å²) in [6.07, 6.45) is 2.29.